The molecule has 1 aromatic heterocycles. The molecule has 0 atom stereocenters. The van der Waals surface area contributed by atoms with Crippen molar-refractivity contribution in [3.05, 3.63) is 77.9 Å². The minimum absolute atomic E-state index is 0.579. The first-order chi connectivity index (χ1) is 13.7. The van der Waals surface area contributed by atoms with E-state index in [1.54, 1.807) is 7.11 Å². The number of para-hydroxylation sites is 3. The van der Waals surface area contributed by atoms with Gasteiger partial charge in [-0.1, -0.05) is 30.3 Å². The summed E-state index contributed by atoms with van der Waals surface area (Å²) in [7, 11) is 1.68. The number of aryl methyl sites for hydroxylation is 2. The Morgan fingerprint density at radius 3 is 2.29 bits per heavy atom. The van der Waals surface area contributed by atoms with E-state index >= 15 is 0 Å². The maximum atomic E-state index is 6.15. The number of fused-ring (bicyclic) bond motifs is 1. The summed E-state index contributed by atoms with van der Waals surface area (Å²) < 4.78 is 13.7. The molecule has 4 nitrogen and oxygen atoms in total. The Balaban J connectivity index is 1.65. The van der Waals surface area contributed by atoms with E-state index in [-0.39, 0.29) is 0 Å². The first-order valence-electron chi connectivity index (χ1n) is 9.46. The summed E-state index contributed by atoms with van der Waals surface area (Å²) in [5.74, 6) is 2.75. The second kappa shape index (κ2) is 7.77. The molecule has 0 unspecified atom stereocenters. The van der Waals surface area contributed by atoms with Crippen LogP contribution in [0.25, 0.3) is 22.4 Å². The molecule has 0 spiro atoms. The highest BCUT2D eigenvalue weighted by molar-refractivity contribution is 5.80. The first kappa shape index (κ1) is 18.1. The SMILES string of the molecule is COc1ccc(-c2nc3ccccc3n2CCOc2c(C)cccc2C)cc1. The zero-order valence-electron chi connectivity index (χ0n) is 16.5. The Labute approximate surface area is 165 Å². The van der Waals surface area contributed by atoms with Gasteiger partial charge in [0.15, 0.2) is 0 Å². The van der Waals surface area contributed by atoms with Crippen LogP contribution in [0.3, 0.4) is 0 Å². The lowest BCUT2D eigenvalue weighted by Crippen LogP contribution is -2.10. The van der Waals surface area contributed by atoms with Gasteiger partial charge in [0.1, 0.15) is 23.9 Å². The number of ether oxygens (including phenoxy) is 2. The van der Waals surface area contributed by atoms with Gasteiger partial charge in [-0.3, -0.25) is 0 Å². The summed E-state index contributed by atoms with van der Waals surface area (Å²) in [4.78, 5) is 4.87. The fraction of sp³-hybridized carbons (Fsp3) is 0.208. The number of hydrogen-bond donors (Lipinski definition) is 0. The summed E-state index contributed by atoms with van der Waals surface area (Å²) in [5.41, 5.74) is 5.47. The van der Waals surface area contributed by atoms with Crippen molar-refractivity contribution in [3.63, 3.8) is 0 Å². The van der Waals surface area contributed by atoms with Crippen molar-refractivity contribution in [2.45, 2.75) is 20.4 Å². The maximum absolute atomic E-state index is 6.15. The molecule has 0 aliphatic carbocycles. The molecule has 0 N–H and O–H groups in total. The standard InChI is InChI=1S/C24H24N2O2/c1-17-7-6-8-18(2)23(17)28-16-15-26-22-10-5-4-9-21(22)25-24(26)19-11-13-20(27-3)14-12-19/h4-14H,15-16H2,1-3H3. The van der Waals surface area contributed by atoms with Crippen molar-refractivity contribution in [2.75, 3.05) is 13.7 Å². The monoisotopic (exact) mass is 372 g/mol. The molecule has 0 aliphatic heterocycles. The molecule has 142 valence electrons. The van der Waals surface area contributed by atoms with Crippen molar-refractivity contribution in [1.82, 2.24) is 9.55 Å². The van der Waals surface area contributed by atoms with Crippen LogP contribution in [0, 0.1) is 13.8 Å². The van der Waals surface area contributed by atoms with Gasteiger partial charge in [0.25, 0.3) is 0 Å². The van der Waals surface area contributed by atoms with E-state index in [2.05, 4.69) is 42.7 Å². The van der Waals surface area contributed by atoms with Crippen LogP contribution in [0.15, 0.2) is 66.7 Å². The first-order valence-corrected chi connectivity index (χ1v) is 9.46. The van der Waals surface area contributed by atoms with Gasteiger partial charge in [0.2, 0.25) is 0 Å². The van der Waals surface area contributed by atoms with Crippen molar-refractivity contribution in [2.24, 2.45) is 0 Å². The van der Waals surface area contributed by atoms with E-state index in [1.165, 1.54) is 0 Å². The van der Waals surface area contributed by atoms with E-state index in [0.29, 0.717) is 6.61 Å². The third-order valence-corrected chi connectivity index (χ3v) is 4.97. The fourth-order valence-electron chi connectivity index (χ4n) is 3.53. The van der Waals surface area contributed by atoms with Crippen LogP contribution in [0.5, 0.6) is 11.5 Å². The molecule has 0 aliphatic rings. The predicted molar refractivity (Wildman–Crippen MR) is 113 cm³/mol. The number of nitrogens with zero attached hydrogens (tertiary/aromatic N) is 2. The third kappa shape index (κ3) is 3.46. The second-order valence-corrected chi connectivity index (χ2v) is 6.87. The van der Waals surface area contributed by atoms with E-state index < -0.39 is 0 Å². The summed E-state index contributed by atoms with van der Waals surface area (Å²) in [5, 5.41) is 0. The van der Waals surface area contributed by atoms with Gasteiger partial charge in [-0.15, -0.1) is 0 Å². The van der Waals surface area contributed by atoms with Gasteiger partial charge < -0.3 is 14.0 Å². The summed E-state index contributed by atoms with van der Waals surface area (Å²) in [6.07, 6.45) is 0. The van der Waals surface area contributed by atoms with Gasteiger partial charge >= 0.3 is 0 Å². The Bertz CT molecular complexity index is 1080. The maximum Gasteiger partial charge on any atom is 0.141 e. The predicted octanol–water partition coefficient (Wildman–Crippen LogP) is 5.41. The molecule has 4 rings (SSSR count). The van der Waals surface area contributed by atoms with Crippen LogP contribution >= 0.6 is 0 Å². The van der Waals surface area contributed by atoms with E-state index in [4.69, 9.17) is 14.5 Å². The molecule has 1 heterocycles. The molecule has 0 bridgehead atoms. The number of aromatic nitrogens is 2. The lowest BCUT2D eigenvalue weighted by atomic mass is 10.1. The van der Waals surface area contributed by atoms with Gasteiger partial charge in [-0.05, 0) is 61.4 Å². The number of rotatable bonds is 6. The van der Waals surface area contributed by atoms with Crippen molar-refractivity contribution < 1.29 is 9.47 Å². The second-order valence-electron chi connectivity index (χ2n) is 6.87. The van der Waals surface area contributed by atoms with Crippen molar-refractivity contribution in [1.29, 1.82) is 0 Å². The van der Waals surface area contributed by atoms with E-state index in [0.717, 1.165) is 51.6 Å². The Morgan fingerprint density at radius 2 is 1.57 bits per heavy atom. The van der Waals surface area contributed by atoms with Crippen molar-refractivity contribution >= 4 is 11.0 Å². The highest BCUT2D eigenvalue weighted by Crippen LogP contribution is 2.27. The zero-order valence-corrected chi connectivity index (χ0v) is 16.5. The molecule has 4 aromatic rings. The molecular formula is C24H24N2O2. The third-order valence-electron chi connectivity index (χ3n) is 4.97. The minimum Gasteiger partial charge on any atom is -0.497 e. The number of hydrogen-bond acceptors (Lipinski definition) is 3. The molecule has 0 fully saturated rings. The van der Waals surface area contributed by atoms with Gasteiger partial charge in [0, 0.05) is 5.56 Å². The summed E-state index contributed by atoms with van der Waals surface area (Å²) in [6, 6.07) is 22.5. The average molecular weight is 372 g/mol. The Morgan fingerprint density at radius 1 is 0.857 bits per heavy atom. The van der Waals surface area contributed by atoms with Crippen LogP contribution in [0.1, 0.15) is 11.1 Å². The summed E-state index contributed by atoms with van der Waals surface area (Å²) in [6.45, 7) is 5.46. The number of benzene rings is 3. The van der Waals surface area contributed by atoms with Crippen LogP contribution in [0.4, 0.5) is 0 Å². The van der Waals surface area contributed by atoms with Gasteiger partial charge in [-0.25, -0.2) is 4.98 Å². The zero-order chi connectivity index (χ0) is 19.5. The number of methoxy groups -OCH3 is 1. The molecule has 3 aromatic carbocycles. The Hall–Kier alpha value is -3.27. The average Bonchev–Trinajstić information content (AvgIpc) is 3.09. The lowest BCUT2D eigenvalue weighted by Gasteiger charge is -2.14. The molecule has 0 saturated carbocycles. The largest absolute Gasteiger partial charge is 0.497 e. The topological polar surface area (TPSA) is 36.3 Å². The van der Waals surface area contributed by atoms with Crippen molar-refractivity contribution in [3.8, 4) is 22.9 Å². The molecule has 4 heteroatoms. The normalized spacial score (nSPS) is 11.0. The van der Waals surface area contributed by atoms with Gasteiger partial charge in [0.05, 0.1) is 24.7 Å². The number of imidazole rings is 1. The lowest BCUT2D eigenvalue weighted by molar-refractivity contribution is 0.297. The van der Waals surface area contributed by atoms with Gasteiger partial charge in [-0.2, -0.15) is 0 Å². The van der Waals surface area contributed by atoms with Crippen LogP contribution < -0.4 is 9.47 Å². The molecule has 28 heavy (non-hydrogen) atoms. The van der Waals surface area contributed by atoms with Crippen LogP contribution in [0.2, 0.25) is 0 Å². The highest BCUT2D eigenvalue weighted by atomic mass is 16.5. The highest BCUT2D eigenvalue weighted by Gasteiger charge is 2.13. The fourth-order valence-corrected chi connectivity index (χ4v) is 3.53. The van der Waals surface area contributed by atoms with E-state index in [1.807, 2.05) is 42.5 Å². The Kier molecular flexibility index (Phi) is 5.02. The quantitative estimate of drug-likeness (QED) is 0.454. The smallest absolute Gasteiger partial charge is 0.141 e. The molecule has 0 radical (unpaired) electrons. The van der Waals surface area contributed by atoms with Crippen LogP contribution in [-0.4, -0.2) is 23.3 Å². The summed E-state index contributed by atoms with van der Waals surface area (Å²) >= 11 is 0. The van der Waals surface area contributed by atoms with Crippen LogP contribution in [-0.2, 0) is 6.54 Å². The molecule has 0 amide bonds. The molecular weight excluding hydrogens is 348 g/mol. The minimum atomic E-state index is 0.579. The van der Waals surface area contributed by atoms with E-state index in [9.17, 15) is 0 Å². The molecule has 0 saturated heterocycles.